The van der Waals surface area contributed by atoms with Crippen molar-refractivity contribution in [1.29, 1.82) is 0 Å². The lowest BCUT2D eigenvalue weighted by Crippen LogP contribution is -2.35. The summed E-state index contributed by atoms with van der Waals surface area (Å²) in [6, 6.07) is 10.6. The van der Waals surface area contributed by atoms with E-state index in [2.05, 4.69) is 40.2 Å². The van der Waals surface area contributed by atoms with Crippen molar-refractivity contribution in [2.24, 2.45) is 5.92 Å². The summed E-state index contributed by atoms with van der Waals surface area (Å²) < 4.78 is 5.23. The topological polar surface area (TPSA) is 38.2 Å². The van der Waals surface area contributed by atoms with Crippen LogP contribution in [0.2, 0.25) is 0 Å². The fourth-order valence-corrected chi connectivity index (χ4v) is 3.54. The van der Waals surface area contributed by atoms with Gasteiger partial charge in [0.2, 0.25) is 0 Å². The van der Waals surface area contributed by atoms with Crippen molar-refractivity contribution in [2.75, 3.05) is 25.1 Å². The molecule has 2 aliphatic rings. The van der Waals surface area contributed by atoms with E-state index in [1.807, 2.05) is 6.20 Å². The summed E-state index contributed by atoms with van der Waals surface area (Å²) >= 11 is 0. The molecule has 24 heavy (non-hydrogen) atoms. The Hall–Kier alpha value is -2.10. The Balaban J connectivity index is 1.33. The van der Waals surface area contributed by atoms with Crippen LogP contribution in [-0.4, -0.2) is 30.2 Å². The van der Waals surface area contributed by atoms with Crippen LogP contribution < -0.4 is 9.64 Å². The van der Waals surface area contributed by atoms with Crippen molar-refractivity contribution in [3.63, 3.8) is 0 Å². The van der Waals surface area contributed by atoms with Crippen molar-refractivity contribution < 1.29 is 4.74 Å². The summed E-state index contributed by atoms with van der Waals surface area (Å²) in [6.45, 7) is 2.20. The predicted molar refractivity (Wildman–Crippen MR) is 95.6 cm³/mol. The number of aromatic nitrogens is 2. The number of rotatable bonds is 5. The van der Waals surface area contributed by atoms with E-state index < -0.39 is 0 Å². The van der Waals surface area contributed by atoms with Gasteiger partial charge in [-0.2, -0.15) is 0 Å². The maximum Gasteiger partial charge on any atom is 0.133 e. The fraction of sp³-hybridized carbons (Fsp3) is 0.500. The molecule has 1 aliphatic carbocycles. The molecule has 1 aliphatic heterocycles. The first-order chi connectivity index (χ1) is 11.8. The number of methoxy groups -OCH3 is 1. The largest absolute Gasteiger partial charge is 0.497 e. The van der Waals surface area contributed by atoms with Crippen molar-refractivity contribution >= 4 is 5.82 Å². The van der Waals surface area contributed by atoms with Crippen molar-refractivity contribution in [1.82, 2.24) is 9.97 Å². The van der Waals surface area contributed by atoms with E-state index >= 15 is 0 Å². The zero-order chi connectivity index (χ0) is 16.4. The summed E-state index contributed by atoms with van der Waals surface area (Å²) in [6.07, 6.45) is 8.07. The molecule has 0 atom stereocenters. The SMILES string of the molecule is COc1ccc(CC2CCN(c3ccnc(C4CC4)n3)CC2)cc1. The highest BCUT2D eigenvalue weighted by atomic mass is 16.5. The monoisotopic (exact) mass is 323 g/mol. The molecule has 1 aromatic carbocycles. The first kappa shape index (κ1) is 15.4. The average Bonchev–Trinajstić information content (AvgIpc) is 3.48. The number of piperidine rings is 1. The summed E-state index contributed by atoms with van der Waals surface area (Å²) in [5, 5.41) is 0. The third-order valence-electron chi connectivity index (χ3n) is 5.22. The van der Waals surface area contributed by atoms with Crippen LogP contribution in [0.4, 0.5) is 5.82 Å². The minimum atomic E-state index is 0.623. The van der Waals surface area contributed by atoms with Gasteiger partial charge in [0, 0.05) is 25.2 Å². The Morgan fingerprint density at radius 2 is 1.79 bits per heavy atom. The van der Waals surface area contributed by atoms with E-state index in [-0.39, 0.29) is 0 Å². The molecule has 1 aromatic heterocycles. The molecule has 0 unspecified atom stereocenters. The third-order valence-corrected chi connectivity index (χ3v) is 5.22. The average molecular weight is 323 g/mol. The molecule has 0 bridgehead atoms. The van der Waals surface area contributed by atoms with Gasteiger partial charge in [0.15, 0.2) is 0 Å². The molecule has 2 aromatic rings. The molecular weight excluding hydrogens is 298 g/mol. The van der Waals surface area contributed by atoms with Gasteiger partial charge in [0.1, 0.15) is 17.4 Å². The minimum Gasteiger partial charge on any atom is -0.497 e. The number of hydrogen-bond donors (Lipinski definition) is 0. The van der Waals surface area contributed by atoms with Gasteiger partial charge in [-0.05, 0) is 61.8 Å². The molecule has 126 valence electrons. The number of benzene rings is 1. The van der Waals surface area contributed by atoms with Crippen LogP contribution in [0.5, 0.6) is 5.75 Å². The van der Waals surface area contributed by atoms with Gasteiger partial charge in [0.25, 0.3) is 0 Å². The Labute approximate surface area is 143 Å². The normalized spacial score (nSPS) is 18.6. The zero-order valence-electron chi connectivity index (χ0n) is 14.3. The Morgan fingerprint density at radius 1 is 1.04 bits per heavy atom. The first-order valence-corrected chi connectivity index (χ1v) is 9.02. The number of anilines is 1. The smallest absolute Gasteiger partial charge is 0.133 e. The van der Waals surface area contributed by atoms with Gasteiger partial charge < -0.3 is 9.64 Å². The third kappa shape index (κ3) is 3.53. The van der Waals surface area contributed by atoms with E-state index in [0.29, 0.717) is 5.92 Å². The van der Waals surface area contributed by atoms with Crippen molar-refractivity contribution in [3.8, 4) is 5.75 Å². The maximum atomic E-state index is 5.23. The van der Waals surface area contributed by atoms with Gasteiger partial charge >= 0.3 is 0 Å². The summed E-state index contributed by atoms with van der Waals surface area (Å²) in [7, 11) is 1.71. The molecule has 4 rings (SSSR count). The Kier molecular flexibility index (Phi) is 4.37. The van der Waals surface area contributed by atoms with Crippen LogP contribution in [0.1, 0.15) is 43.0 Å². The Bertz CT molecular complexity index is 674. The summed E-state index contributed by atoms with van der Waals surface area (Å²) in [5.41, 5.74) is 1.41. The van der Waals surface area contributed by atoms with Gasteiger partial charge in [0.05, 0.1) is 7.11 Å². The van der Waals surface area contributed by atoms with Gasteiger partial charge in [-0.1, -0.05) is 12.1 Å². The first-order valence-electron chi connectivity index (χ1n) is 9.02. The van der Waals surface area contributed by atoms with Crippen LogP contribution in [0.15, 0.2) is 36.5 Å². The highest BCUT2D eigenvalue weighted by molar-refractivity contribution is 5.38. The van der Waals surface area contributed by atoms with Crippen LogP contribution in [0.25, 0.3) is 0 Å². The van der Waals surface area contributed by atoms with Gasteiger partial charge in [-0.25, -0.2) is 9.97 Å². The quantitative estimate of drug-likeness (QED) is 0.838. The molecular formula is C20H25N3O. The van der Waals surface area contributed by atoms with Crippen LogP contribution >= 0.6 is 0 Å². The highest BCUT2D eigenvalue weighted by Gasteiger charge is 2.27. The Morgan fingerprint density at radius 3 is 2.46 bits per heavy atom. The predicted octanol–water partition coefficient (Wildman–Crippen LogP) is 3.82. The molecule has 2 fully saturated rings. The van der Waals surface area contributed by atoms with E-state index in [4.69, 9.17) is 9.72 Å². The van der Waals surface area contributed by atoms with Crippen molar-refractivity contribution in [2.45, 2.75) is 38.0 Å². The van der Waals surface area contributed by atoms with E-state index in [1.165, 1.54) is 31.2 Å². The molecule has 2 heterocycles. The minimum absolute atomic E-state index is 0.623. The maximum absolute atomic E-state index is 5.23. The second kappa shape index (κ2) is 6.80. The number of hydrogen-bond acceptors (Lipinski definition) is 4. The number of nitrogens with zero attached hydrogens (tertiary/aromatic N) is 3. The highest BCUT2D eigenvalue weighted by Crippen LogP contribution is 2.38. The summed E-state index contributed by atoms with van der Waals surface area (Å²) in [5.74, 6) is 4.49. The van der Waals surface area contributed by atoms with Crippen LogP contribution in [-0.2, 0) is 6.42 Å². The molecule has 1 saturated heterocycles. The lowest BCUT2D eigenvalue weighted by atomic mass is 9.90. The van der Waals surface area contributed by atoms with E-state index in [9.17, 15) is 0 Å². The molecule has 1 saturated carbocycles. The molecule has 0 amide bonds. The van der Waals surface area contributed by atoms with Gasteiger partial charge in [-0.3, -0.25) is 0 Å². The second-order valence-corrected chi connectivity index (χ2v) is 7.03. The number of ether oxygens (including phenoxy) is 1. The molecule has 0 spiro atoms. The van der Waals surface area contributed by atoms with E-state index in [0.717, 1.165) is 42.8 Å². The van der Waals surface area contributed by atoms with Crippen LogP contribution in [0, 0.1) is 5.92 Å². The van der Waals surface area contributed by atoms with Crippen molar-refractivity contribution in [3.05, 3.63) is 47.9 Å². The lowest BCUT2D eigenvalue weighted by molar-refractivity contribution is 0.400. The zero-order valence-corrected chi connectivity index (χ0v) is 14.3. The van der Waals surface area contributed by atoms with Gasteiger partial charge in [-0.15, -0.1) is 0 Å². The standard InChI is InChI=1S/C20H25N3O/c1-24-18-6-2-15(3-7-18)14-16-9-12-23(13-10-16)19-8-11-21-20(22-19)17-4-5-17/h2-3,6-8,11,16-17H,4-5,9-10,12-14H2,1H3. The molecule has 4 nitrogen and oxygen atoms in total. The second-order valence-electron chi connectivity index (χ2n) is 7.03. The lowest BCUT2D eigenvalue weighted by Gasteiger charge is -2.33. The molecule has 0 radical (unpaired) electrons. The molecule has 0 N–H and O–H groups in total. The fourth-order valence-electron chi connectivity index (χ4n) is 3.54. The van der Waals surface area contributed by atoms with E-state index in [1.54, 1.807) is 7.11 Å². The van der Waals surface area contributed by atoms with Crippen LogP contribution in [0.3, 0.4) is 0 Å². The summed E-state index contributed by atoms with van der Waals surface area (Å²) in [4.78, 5) is 11.6. The molecule has 4 heteroatoms.